The van der Waals surface area contributed by atoms with E-state index in [2.05, 4.69) is 10.3 Å². The standard InChI is InChI=1S/C11H12ClFN2/c12-8-4-5-10(9(13)7-8)15-11-3-1-2-6-14-11/h4-5,7H,1-3,6H2,(H,14,15). The lowest BCUT2D eigenvalue weighted by molar-refractivity contribution is 0.631. The van der Waals surface area contributed by atoms with E-state index in [-0.39, 0.29) is 5.82 Å². The van der Waals surface area contributed by atoms with Crippen LogP contribution in [0.2, 0.25) is 5.02 Å². The molecule has 2 nitrogen and oxygen atoms in total. The first kappa shape index (κ1) is 10.4. The molecule has 0 fully saturated rings. The Balaban J connectivity index is 2.13. The van der Waals surface area contributed by atoms with Crippen LogP contribution >= 0.6 is 11.6 Å². The number of anilines is 1. The first-order valence-electron chi connectivity index (χ1n) is 5.01. The lowest BCUT2D eigenvalue weighted by atomic mass is 10.2. The molecule has 15 heavy (non-hydrogen) atoms. The summed E-state index contributed by atoms with van der Waals surface area (Å²) in [4.78, 5) is 4.29. The van der Waals surface area contributed by atoms with Crippen LogP contribution in [-0.4, -0.2) is 12.4 Å². The van der Waals surface area contributed by atoms with Gasteiger partial charge in [-0.3, -0.25) is 4.99 Å². The predicted molar refractivity (Wildman–Crippen MR) is 61.2 cm³/mol. The smallest absolute Gasteiger partial charge is 0.148 e. The van der Waals surface area contributed by atoms with Crippen molar-refractivity contribution in [2.24, 2.45) is 4.99 Å². The third-order valence-electron chi connectivity index (χ3n) is 2.33. The summed E-state index contributed by atoms with van der Waals surface area (Å²) in [6, 6.07) is 4.60. The Bertz CT molecular complexity index is 390. The number of nitrogens with one attached hydrogen (secondary N) is 1. The van der Waals surface area contributed by atoms with Gasteiger partial charge in [0.15, 0.2) is 0 Å². The molecule has 0 bridgehead atoms. The van der Waals surface area contributed by atoms with Gasteiger partial charge in [0.1, 0.15) is 11.7 Å². The predicted octanol–water partition coefficient (Wildman–Crippen LogP) is 3.47. The molecule has 4 heteroatoms. The molecule has 0 aromatic heterocycles. The van der Waals surface area contributed by atoms with E-state index in [1.165, 1.54) is 6.07 Å². The van der Waals surface area contributed by atoms with Gasteiger partial charge in [-0.2, -0.15) is 0 Å². The molecule has 0 saturated carbocycles. The molecule has 1 aromatic carbocycles. The molecule has 1 aliphatic heterocycles. The van der Waals surface area contributed by atoms with E-state index >= 15 is 0 Å². The Morgan fingerprint density at radius 2 is 2.20 bits per heavy atom. The number of rotatable bonds is 1. The molecule has 0 unspecified atom stereocenters. The highest BCUT2D eigenvalue weighted by Gasteiger charge is 2.08. The normalized spacial score (nSPS) is 16.0. The topological polar surface area (TPSA) is 24.4 Å². The van der Waals surface area contributed by atoms with Crippen molar-refractivity contribution in [1.29, 1.82) is 0 Å². The molecule has 1 aromatic rings. The third kappa shape index (κ3) is 2.69. The number of halogens is 2. The maximum atomic E-state index is 13.4. The van der Waals surface area contributed by atoms with Gasteiger partial charge in [0.05, 0.1) is 5.69 Å². The molecule has 0 radical (unpaired) electrons. The number of nitrogens with zero attached hydrogens (tertiary/aromatic N) is 1. The maximum Gasteiger partial charge on any atom is 0.148 e. The second-order valence-corrected chi connectivity index (χ2v) is 3.97. The first-order valence-corrected chi connectivity index (χ1v) is 5.39. The van der Waals surface area contributed by atoms with Crippen molar-refractivity contribution in [1.82, 2.24) is 0 Å². The van der Waals surface area contributed by atoms with Crippen LogP contribution in [0.1, 0.15) is 19.3 Å². The maximum absolute atomic E-state index is 13.4. The van der Waals surface area contributed by atoms with Gasteiger partial charge in [0.2, 0.25) is 0 Å². The lowest BCUT2D eigenvalue weighted by Gasteiger charge is -2.14. The second kappa shape index (κ2) is 4.62. The van der Waals surface area contributed by atoms with Gasteiger partial charge in [-0.1, -0.05) is 11.6 Å². The summed E-state index contributed by atoms with van der Waals surface area (Å²) in [6.45, 7) is 0.831. The highest BCUT2D eigenvalue weighted by Crippen LogP contribution is 2.20. The van der Waals surface area contributed by atoms with E-state index in [0.29, 0.717) is 10.7 Å². The van der Waals surface area contributed by atoms with Crippen molar-refractivity contribution in [3.63, 3.8) is 0 Å². The van der Waals surface area contributed by atoms with Gasteiger partial charge in [0, 0.05) is 18.0 Å². The molecular weight excluding hydrogens is 215 g/mol. The van der Waals surface area contributed by atoms with Crippen LogP contribution in [0.4, 0.5) is 10.1 Å². The molecule has 1 aliphatic rings. The number of hydrogen-bond donors (Lipinski definition) is 1. The van der Waals surface area contributed by atoms with Crippen LogP contribution in [0.5, 0.6) is 0 Å². The minimum absolute atomic E-state index is 0.337. The van der Waals surface area contributed by atoms with Crippen LogP contribution in [-0.2, 0) is 0 Å². The van der Waals surface area contributed by atoms with Gasteiger partial charge in [-0.15, -0.1) is 0 Å². The zero-order valence-corrected chi connectivity index (χ0v) is 9.02. The summed E-state index contributed by atoms with van der Waals surface area (Å²) in [5, 5.41) is 3.40. The average Bonchev–Trinajstić information content (AvgIpc) is 2.24. The zero-order valence-electron chi connectivity index (χ0n) is 8.26. The lowest BCUT2D eigenvalue weighted by Crippen LogP contribution is -2.16. The van der Waals surface area contributed by atoms with Gasteiger partial charge >= 0.3 is 0 Å². The van der Waals surface area contributed by atoms with E-state index < -0.39 is 0 Å². The van der Waals surface area contributed by atoms with Crippen molar-refractivity contribution in [2.75, 3.05) is 11.9 Å². The van der Waals surface area contributed by atoms with Crippen molar-refractivity contribution < 1.29 is 4.39 Å². The molecule has 2 rings (SSSR count). The molecule has 0 atom stereocenters. The van der Waals surface area contributed by atoms with Crippen LogP contribution in [0, 0.1) is 5.82 Å². The van der Waals surface area contributed by atoms with Crippen LogP contribution in [0.3, 0.4) is 0 Å². The molecule has 0 aliphatic carbocycles. The third-order valence-corrected chi connectivity index (χ3v) is 2.57. The highest BCUT2D eigenvalue weighted by atomic mass is 35.5. The number of aliphatic imine (C=N–C) groups is 1. The fraction of sp³-hybridized carbons (Fsp3) is 0.364. The molecule has 0 amide bonds. The summed E-state index contributed by atoms with van der Waals surface area (Å²) in [7, 11) is 0. The Hall–Kier alpha value is -1.09. The van der Waals surface area contributed by atoms with E-state index in [1.807, 2.05) is 0 Å². The largest absolute Gasteiger partial charge is 0.342 e. The first-order chi connectivity index (χ1) is 7.25. The molecule has 1 N–H and O–H groups in total. The summed E-state index contributed by atoms with van der Waals surface area (Å²) in [5.41, 5.74) is 0.444. The van der Waals surface area contributed by atoms with Gasteiger partial charge in [-0.05, 0) is 31.0 Å². The second-order valence-electron chi connectivity index (χ2n) is 3.53. The van der Waals surface area contributed by atoms with Crippen molar-refractivity contribution in [3.05, 3.63) is 29.0 Å². The highest BCUT2D eigenvalue weighted by molar-refractivity contribution is 6.30. The summed E-state index contributed by atoms with van der Waals surface area (Å²) < 4.78 is 13.4. The molecule has 1 heterocycles. The number of benzene rings is 1. The average molecular weight is 227 g/mol. The van der Waals surface area contributed by atoms with Crippen LogP contribution < -0.4 is 5.32 Å². The van der Waals surface area contributed by atoms with E-state index in [9.17, 15) is 4.39 Å². The van der Waals surface area contributed by atoms with E-state index in [4.69, 9.17) is 11.6 Å². The Labute approximate surface area is 93.2 Å². The Kier molecular flexibility index (Phi) is 3.21. The minimum atomic E-state index is -0.337. The minimum Gasteiger partial charge on any atom is -0.342 e. The number of hydrogen-bond acceptors (Lipinski definition) is 2. The monoisotopic (exact) mass is 226 g/mol. The molecule has 0 saturated heterocycles. The Morgan fingerprint density at radius 1 is 1.33 bits per heavy atom. The summed E-state index contributed by atoms with van der Waals surface area (Å²) >= 11 is 5.66. The van der Waals surface area contributed by atoms with E-state index in [0.717, 1.165) is 31.6 Å². The van der Waals surface area contributed by atoms with Crippen LogP contribution in [0.25, 0.3) is 0 Å². The van der Waals surface area contributed by atoms with Gasteiger partial charge in [0.25, 0.3) is 0 Å². The van der Waals surface area contributed by atoms with E-state index in [1.54, 1.807) is 12.1 Å². The fourth-order valence-corrected chi connectivity index (χ4v) is 1.70. The van der Waals surface area contributed by atoms with Crippen molar-refractivity contribution in [3.8, 4) is 0 Å². The quantitative estimate of drug-likeness (QED) is 0.779. The molecule has 0 spiro atoms. The van der Waals surface area contributed by atoms with Crippen LogP contribution in [0.15, 0.2) is 23.2 Å². The van der Waals surface area contributed by atoms with Gasteiger partial charge < -0.3 is 5.32 Å². The van der Waals surface area contributed by atoms with Crippen molar-refractivity contribution >= 4 is 23.1 Å². The zero-order chi connectivity index (χ0) is 10.7. The summed E-state index contributed by atoms with van der Waals surface area (Å²) in [6.07, 6.45) is 3.12. The van der Waals surface area contributed by atoms with Crippen molar-refractivity contribution in [2.45, 2.75) is 19.3 Å². The number of amidine groups is 1. The molecular formula is C11H12ClFN2. The fourth-order valence-electron chi connectivity index (χ4n) is 1.55. The SMILES string of the molecule is Fc1cc(Cl)ccc1NC1=NCCCC1. The summed E-state index contributed by atoms with van der Waals surface area (Å²) in [5.74, 6) is 0.526. The molecule has 80 valence electrons. The van der Waals surface area contributed by atoms with Gasteiger partial charge in [-0.25, -0.2) is 4.39 Å². The Morgan fingerprint density at radius 3 is 2.87 bits per heavy atom.